The summed E-state index contributed by atoms with van der Waals surface area (Å²) in [6, 6.07) is 0.00460. The van der Waals surface area contributed by atoms with Crippen molar-refractivity contribution in [3.05, 3.63) is 0 Å². The van der Waals surface area contributed by atoms with Crippen molar-refractivity contribution in [3.8, 4) is 0 Å². The topological polar surface area (TPSA) is 51.2 Å². The van der Waals surface area contributed by atoms with Gasteiger partial charge >= 0.3 is 0 Å². The molecule has 0 aliphatic carbocycles. The first-order valence-electron chi connectivity index (χ1n) is 10.2. The van der Waals surface area contributed by atoms with E-state index in [-0.39, 0.29) is 6.04 Å². The molecular formula is C19H35N5OS. The molecule has 0 radical (unpaired) electrons. The molecule has 7 heteroatoms. The number of piperazine rings is 1. The molecule has 3 aliphatic heterocycles. The predicted octanol–water partition coefficient (Wildman–Crippen LogP) is 1.33. The molecule has 3 saturated heterocycles. The maximum absolute atomic E-state index is 12.6. The summed E-state index contributed by atoms with van der Waals surface area (Å²) in [5.74, 6) is 4.72. The Labute approximate surface area is 162 Å². The summed E-state index contributed by atoms with van der Waals surface area (Å²) in [7, 11) is 1.88. The molecule has 1 amide bonds. The van der Waals surface area contributed by atoms with E-state index in [1.54, 1.807) is 0 Å². The van der Waals surface area contributed by atoms with Crippen LogP contribution in [0.2, 0.25) is 0 Å². The highest BCUT2D eigenvalue weighted by Gasteiger charge is 2.30. The summed E-state index contributed by atoms with van der Waals surface area (Å²) < 4.78 is 0. The normalized spacial score (nSPS) is 24.8. The Morgan fingerprint density at radius 1 is 1.08 bits per heavy atom. The van der Waals surface area contributed by atoms with Crippen LogP contribution >= 0.6 is 11.8 Å². The molecular weight excluding hydrogens is 346 g/mol. The van der Waals surface area contributed by atoms with E-state index >= 15 is 0 Å². The molecule has 148 valence electrons. The number of amides is 1. The highest BCUT2D eigenvalue weighted by atomic mass is 32.2. The highest BCUT2D eigenvalue weighted by molar-refractivity contribution is 7.99. The lowest BCUT2D eigenvalue weighted by atomic mass is 10.0. The summed E-state index contributed by atoms with van der Waals surface area (Å²) >= 11 is 2.08. The van der Waals surface area contributed by atoms with E-state index in [1.807, 2.05) is 11.9 Å². The van der Waals surface area contributed by atoms with Crippen molar-refractivity contribution >= 4 is 23.6 Å². The third-order valence-corrected chi connectivity index (χ3v) is 7.09. The van der Waals surface area contributed by atoms with Crippen LogP contribution in [-0.4, -0.2) is 97.0 Å². The zero-order chi connectivity index (χ0) is 18.4. The smallest absolute Gasteiger partial charge is 0.239 e. The molecule has 1 atom stereocenters. The van der Waals surface area contributed by atoms with E-state index in [0.717, 1.165) is 70.5 Å². The van der Waals surface area contributed by atoms with Crippen molar-refractivity contribution in [3.63, 3.8) is 0 Å². The minimum Gasteiger partial charge on any atom is -0.356 e. The van der Waals surface area contributed by atoms with Gasteiger partial charge in [-0.15, -0.1) is 0 Å². The zero-order valence-corrected chi connectivity index (χ0v) is 17.3. The van der Waals surface area contributed by atoms with Crippen LogP contribution in [0.5, 0.6) is 0 Å². The van der Waals surface area contributed by atoms with Crippen molar-refractivity contribution in [2.24, 2.45) is 10.9 Å². The molecule has 3 fully saturated rings. The number of aliphatic imine (C=N–C) groups is 1. The average molecular weight is 382 g/mol. The number of thioether (sulfide) groups is 1. The second-order valence-corrected chi connectivity index (χ2v) is 8.94. The summed E-state index contributed by atoms with van der Waals surface area (Å²) in [5, 5.41) is 3.59. The number of nitrogens with one attached hydrogen (secondary N) is 1. The summed E-state index contributed by atoms with van der Waals surface area (Å²) in [4.78, 5) is 23.8. The van der Waals surface area contributed by atoms with Crippen molar-refractivity contribution < 1.29 is 4.79 Å². The maximum Gasteiger partial charge on any atom is 0.239 e. The summed E-state index contributed by atoms with van der Waals surface area (Å²) in [6.07, 6.45) is 4.96. The van der Waals surface area contributed by atoms with Crippen LogP contribution in [0.1, 0.15) is 32.6 Å². The lowest BCUT2D eigenvalue weighted by Crippen LogP contribution is -2.57. The molecule has 0 aromatic heterocycles. The largest absolute Gasteiger partial charge is 0.356 e. The molecule has 3 heterocycles. The number of likely N-dealkylation sites (tertiary alicyclic amines) is 1. The van der Waals surface area contributed by atoms with Crippen LogP contribution in [0.3, 0.4) is 0 Å². The summed E-state index contributed by atoms with van der Waals surface area (Å²) in [6.45, 7) is 8.75. The van der Waals surface area contributed by atoms with E-state index in [4.69, 9.17) is 0 Å². The van der Waals surface area contributed by atoms with Crippen LogP contribution in [0.4, 0.5) is 0 Å². The van der Waals surface area contributed by atoms with Crippen LogP contribution < -0.4 is 5.32 Å². The Bertz CT molecular complexity index is 480. The third kappa shape index (κ3) is 5.06. The molecule has 6 nitrogen and oxygen atoms in total. The lowest BCUT2D eigenvalue weighted by molar-refractivity contribution is -0.135. The molecule has 3 rings (SSSR count). The van der Waals surface area contributed by atoms with Gasteiger partial charge in [-0.05, 0) is 50.0 Å². The lowest BCUT2D eigenvalue weighted by Gasteiger charge is -2.39. The third-order valence-electron chi connectivity index (χ3n) is 6.04. The van der Waals surface area contributed by atoms with Gasteiger partial charge in [-0.3, -0.25) is 14.7 Å². The van der Waals surface area contributed by atoms with E-state index in [0.29, 0.717) is 5.91 Å². The van der Waals surface area contributed by atoms with Gasteiger partial charge < -0.3 is 15.1 Å². The van der Waals surface area contributed by atoms with Gasteiger partial charge in [-0.25, -0.2) is 0 Å². The highest BCUT2D eigenvalue weighted by Crippen LogP contribution is 2.22. The number of carbonyl (C=O) groups excluding carboxylic acids is 1. The fourth-order valence-electron chi connectivity index (χ4n) is 4.20. The van der Waals surface area contributed by atoms with Gasteiger partial charge in [0.2, 0.25) is 5.91 Å². The molecule has 0 saturated carbocycles. The first kappa shape index (κ1) is 19.8. The van der Waals surface area contributed by atoms with Gasteiger partial charge in [0.15, 0.2) is 5.96 Å². The molecule has 26 heavy (non-hydrogen) atoms. The fraction of sp³-hybridized carbons (Fsp3) is 0.895. The van der Waals surface area contributed by atoms with Gasteiger partial charge in [0.05, 0.1) is 6.04 Å². The number of guanidine groups is 1. The van der Waals surface area contributed by atoms with Crippen LogP contribution in [0.25, 0.3) is 0 Å². The maximum atomic E-state index is 12.6. The Morgan fingerprint density at radius 3 is 2.35 bits per heavy atom. The second kappa shape index (κ2) is 9.83. The molecule has 0 aromatic carbocycles. The Balaban J connectivity index is 1.43. The van der Waals surface area contributed by atoms with Crippen LogP contribution in [0, 0.1) is 5.92 Å². The first-order chi connectivity index (χ1) is 12.7. The van der Waals surface area contributed by atoms with E-state index in [1.165, 1.54) is 24.3 Å². The van der Waals surface area contributed by atoms with Crippen molar-refractivity contribution in [1.29, 1.82) is 0 Å². The van der Waals surface area contributed by atoms with Crippen molar-refractivity contribution in [2.75, 3.05) is 64.4 Å². The Morgan fingerprint density at radius 2 is 1.73 bits per heavy atom. The Hall–Kier alpha value is -0.950. The molecule has 0 spiro atoms. The van der Waals surface area contributed by atoms with Crippen molar-refractivity contribution in [1.82, 2.24) is 20.0 Å². The minimum atomic E-state index is 0.00460. The molecule has 1 N–H and O–H groups in total. The molecule has 1 unspecified atom stereocenters. The monoisotopic (exact) mass is 381 g/mol. The number of rotatable bonds is 4. The van der Waals surface area contributed by atoms with Gasteiger partial charge in [-0.1, -0.05) is 0 Å². The van der Waals surface area contributed by atoms with Crippen LogP contribution in [0.15, 0.2) is 4.99 Å². The van der Waals surface area contributed by atoms with Gasteiger partial charge in [0.1, 0.15) is 0 Å². The standard InChI is InChI=1S/C19H35N5OS/c1-16(18(25)23-7-3-4-8-23)22-9-11-24(12-10-22)19(20-2)21-15-17-5-13-26-14-6-17/h16-17H,3-15H2,1-2H3,(H,20,21). The van der Waals surface area contributed by atoms with Gasteiger partial charge in [0.25, 0.3) is 0 Å². The number of hydrogen-bond donors (Lipinski definition) is 1. The number of nitrogens with zero attached hydrogens (tertiary/aromatic N) is 4. The zero-order valence-electron chi connectivity index (χ0n) is 16.5. The van der Waals surface area contributed by atoms with E-state index in [2.05, 4.69) is 38.8 Å². The molecule has 0 bridgehead atoms. The predicted molar refractivity (Wildman–Crippen MR) is 110 cm³/mol. The fourth-order valence-corrected chi connectivity index (χ4v) is 5.40. The minimum absolute atomic E-state index is 0.00460. The van der Waals surface area contributed by atoms with Gasteiger partial charge in [-0.2, -0.15) is 11.8 Å². The number of carbonyl (C=O) groups is 1. The molecule has 3 aliphatic rings. The quantitative estimate of drug-likeness (QED) is 0.588. The van der Waals surface area contributed by atoms with Crippen LogP contribution in [-0.2, 0) is 4.79 Å². The second-order valence-electron chi connectivity index (χ2n) is 7.72. The SMILES string of the molecule is CN=C(NCC1CCSCC1)N1CCN(C(C)C(=O)N2CCCC2)CC1. The van der Waals surface area contributed by atoms with E-state index < -0.39 is 0 Å². The average Bonchev–Trinajstić information content (AvgIpc) is 3.23. The van der Waals surface area contributed by atoms with E-state index in [9.17, 15) is 4.79 Å². The summed E-state index contributed by atoms with van der Waals surface area (Å²) in [5.41, 5.74) is 0. The molecule has 0 aromatic rings. The van der Waals surface area contributed by atoms with Crippen molar-refractivity contribution in [2.45, 2.75) is 38.6 Å². The Kier molecular flexibility index (Phi) is 7.49. The first-order valence-corrected chi connectivity index (χ1v) is 11.4. The van der Waals surface area contributed by atoms with Gasteiger partial charge in [0, 0.05) is 52.9 Å². The number of hydrogen-bond acceptors (Lipinski definition) is 4.